The molecule has 108 valence electrons. The monoisotopic (exact) mass is 268 g/mol. The van der Waals surface area contributed by atoms with Crippen LogP contribution in [0.1, 0.15) is 57.6 Å². The van der Waals surface area contributed by atoms with Crippen molar-refractivity contribution in [2.75, 3.05) is 0 Å². The topological polar surface area (TPSA) is 0 Å². The van der Waals surface area contributed by atoms with Gasteiger partial charge >= 0.3 is 0 Å². The zero-order valence-corrected chi connectivity index (χ0v) is 13.5. The molecule has 2 rings (SSSR count). The lowest BCUT2D eigenvalue weighted by Gasteiger charge is -2.32. The summed E-state index contributed by atoms with van der Waals surface area (Å²) < 4.78 is 0. The van der Waals surface area contributed by atoms with Crippen LogP contribution in [0.4, 0.5) is 0 Å². The van der Waals surface area contributed by atoms with Crippen molar-refractivity contribution >= 4 is 0 Å². The van der Waals surface area contributed by atoms with Crippen molar-refractivity contribution in [2.24, 2.45) is 5.41 Å². The highest BCUT2D eigenvalue weighted by molar-refractivity contribution is 5.32. The van der Waals surface area contributed by atoms with Crippen molar-refractivity contribution < 1.29 is 0 Å². The molecule has 0 fully saturated rings. The molecule has 1 aromatic carbocycles. The Morgan fingerprint density at radius 2 is 2.00 bits per heavy atom. The first-order valence-electron chi connectivity index (χ1n) is 7.91. The van der Waals surface area contributed by atoms with Gasteiger partial charge in [-0.2, -0.15) is 0 Å². The zero-order valence-electron chi connectivity index (χ0n) is 13.5. The molecule has 20 heavy (non-hydrogen) atoms. The van der Waals surface area contributed by atoms with Gasteiger partial charge in [0.05, 0.1) is 0 Å². The van der Waals surface area contributed by atoms with Gasteiger partial charge in [0.2, 0.25) is 0 Å². The molecule has 1 aliphatic rings. The maximum Gasteiger partial charge on any atom is -0.0104 e. The zero-order chi connectivity index (χ0) is 14.6. The van der Waals surface area contributed by atoms with Crippen LogP contribution in [0.25, 0.3) is 0 Å². The molecule has 0 amide bonds. The molecule has 0 radical (unpaired) electrons. The van der Waals surface area contributed by atoms with Crippen molar-refractivity contribution in [1.82, 2.24) is 0 Å². The van der Waals surface area contributed by atoms with Gasteiger partial charge in [0.15, 0.2) is 0 Å². The smallest absolute Gasteiger partial charge is 0.0104 e. The van der Waals surface area contributed by atoms with Crippen molar-refractivity contribution in [1.29, 1.82) is 0 Å². The van der Waals surface area contributed by atoms with E-state index in [-0.39, 0.29) is 0 Å². The van der Waals surface area contributed by atoms with Crippen molar-refractivity contribution in [2.45, 2.75) is 59.8 Å². The van der Waals surface area contributed by atoms with E-state index in [0.717, 1.165) is 12.8 Å². The summed E-state index contributed by atoms with van der Waals surface area (Å²) in [4.78, 5) is 0. The number of benzene rings is 1. The summed E-state index contributed by atoms with van der Waals surface area (Å²) in [5, 5.41) is 0. The second-order valence-electron chi connectivity index (χ2n) is 6.86. The lowest BCUT2D eigenvalue weighted by Crippen LogP contribution is -2.19. The van der Waals surface area contributed by atoms with E-state index in [1.165, 1.54) is 30.4 Å². The Kier molecular flexibility index (Phi) is 4.86. The van der Waals surface area contributed by atoms with Gasteiger partial charge in [-0.15, -0.1) is 0 Å². The Morgan fingerprint density at radius 1 is 1.20 bits per heavy atom. The highest BCUT2D eigenvalue weighted by atomic mass is 14.3. The van der Waals surface area contributed by atoms with Gasteiger partial charge in [0.1, 0.15) is 0 Å². The van der Waals surface area contributed by atoms with Gasteiger partial charge in [-0.3, -0.25) is 0 Å². The first-order chi connectivity index (χ1) is 9.49. The average molecular weight is 268 g/mol. The van der Waals surface area contributed by atoms with E-state index in [0.29, 0.717) is 5.41 Å². The summed E-state index contributed by atoms with van der Waals surface area (Å²) >= 11 is 0. The lowest BCUT2D eigenvalue weighted by molar-refractivity contribution is 0.376. The van der Waals surface area contributed by atoms with E-state index in [9.17, 15) is 0 Å². The van der Waals surface area contributed by atoms with E-state index in [1.807, 2.05) is 0 Å². The second-order valence-corrected chi connectivity index (χ2v) is 6.86. The number of allylic oxidation sites excluding steroid dienone is 4. The first-order valence-corrected chi connectivity index (χ1v) is 7.91. The van der Waals surface area contributed by atoms with Crippen molar-refractivity contribution in [3.8, 4) is 0 Å². The maximum absolute atomic E-state index is 2.39. The molecule has 0 N–H and O–H groups in total. The van der Waals surface area contributed by atoms with Crippen LogP contribution in [-0.4, -0.2) is 0 Å². The van der Waals surface area contributed by atoms with Gasteiger partial charge in [-0.05, 0) is 62.5 Å². The standard InChI is InChI=1S/C20H28/c1-16-9-7-12-18(15-16)11-5-6-13-19-17(2)10-8-14-20(19,3)4/h6-7,9,12-13,15H,5,8,10-11,14H2,1-4H3/b13-6+. The van der Waals surface area contributed by atoms with E-state index < -0.39 is 0 Å². The Bertz CT molecular complexity index is 515. The molecular formula is C20H28. The lowest BCUT2D eigenvalue weighted by atomic mass is 9.72. The van der Waals surface area contributed by atoms with Crippen LogP contribution in [0.15, 0.2) is 47.6 Å². The van der Waals surface area contributed by atoms with Crippen LogP contribution < -0.4 is 0 Å². The third-order valence-corrected chi connectivity index (χ3v) is 4.51. The quantitative estimate of drug-likeness (QED) is 0.627. The molecule has 0 unspecified atom stereocenters. The van der Waals surface area contributed by atoms with Crippen LogP contribution in [0.3, 0.4) is 0 Å². The molecule has 0 bridgehead atoms. The van der Waals surface area contributed by atoms with Crippen LogP contribution in [-0.2, 0) is 6.42 Å². The van der Waals surface area contributed by atoms with Crippen LogP contribution in [0.5, 0.6) is 0 Å². The normalized spacial score (nSPS) is 18.8. The van der Waals surface area contributed by atoms with E-state index in [2.05, 4.69) is 64.1 Å². The highest BCUT2D eigenvalue weighted by Gasteiger charge is 2.26. The molecule has 0 saturated heterocycles. The summed E-state index contributed by atoms with van der Waals surface area (Å²) in [6, 6.07) is 8.85. The van der Waals surface area contributed by atoms with Crippen LogP contribution in [0.2, 0.25) is 0 Å². The molecule has 0 aromatic heterocycles. The third-order valence-electron chi connectivity index (χ3n) is 4.51. The molecule has 0 aliphatic heterocycles. The Balaban J connectivity index is 1.96. The molecule has 1 aliphatic carbocycles. The Labute approximate surface area is 124 Å². The minimum atomic E-state index is 0.363. The van der Waals surface area contributed by atoms with Gasteiger partial charge in [-0.25, -0.2) is 0 Å². The SMILES string of the molecule is CC1=C(/C=C/CCc2cccc(C)c2)C(C)(C)CCC1. The van der Waals surface area contributed by atoms with Crippen molar-refractivity contribution in [3.63, 3.8) is 0 Å². The predicted octanol–water partition coefficient (Wildman–Crippen LogP) is 6.01. The number of aryl methyl sites for hydroxylation is 2. The van der Waals surface area contributed by atoms with Crippen molar-refractivity contribution in [3.05, 3.63) is 58.7 Å². The summed E-state index contributed by atoms with van der Waals surface area (Å²) in [7, 11) is 0. The molecule has 0 saturated carbocycles. The van der Waals surface area contributed by atoms with Gasteiger partial charge in [0, 0.05) is 0 Å². The van der Waals surface area contributed by atoms with Gasteiger partial charge in [-0.1, -0.05) is 61.4 Å². The number of rotatable bonds is 4. The molecule has 0 heterocycles. The summed E-state index contributed by atoms with van der Waals surface area (Å²) in [5.41, 5.74) is 6.34. The summed E-state index contributed by atoms with van der Waals surface area (Å²) in [5.74, 6) is 0. The molecule has 1 aromatic rings. The minimum absolute atomic E-state index is 0.363. The Morgan fingerprint density at radius 3 is 2.70 bits per heavy atom. The molecule has 0 heteroatoms. The fraction of sp³-hybridized carbons (Fsp3) is 0.500. The molecular weight excluding hydrogens is 240 g/mol. The fourth-order valence-electron chi connectivity index (χ4n) is 3.33. The third kappa shape index (κ3) is 3.85. The minimum Gasteiger partial charge on any atom is -0.0839 e. The van der Waals surface area contributed by atoms with Crippen LogP contribution >= 0.6 is 0 Å². The Hall–Kier alpha value is -1.30. The molecule has 0 spiro atoms. The van der Waals surface area contributed by atoms with E-state index in [1.54, 1.807) is 11.1 Å². The average Bonchev–Trinajstić information content (AvgIpc) is 2.37. The summed E-state index contributed by atoms with van der Waals surface area (Å²) in [6.07, 6.45) is 11.0. The second kappa shape index (κ2) is 6.43. The summed E-state index contributed by atoms with van der Waals surface area (Å²) in [6.45, 7) is 9.24. The van der Waals surface area contributed by atoms with Gasteiger partial charge in [0.25, 0.3) is 0 Å². The first kappa shape index (κ1) is 15.1. The predicted molar refractivity (Wildman–Crippen MR) is 89.0 cm³/mol. The van der Waals surface area contributed by atoms with Gasteiger partial charge < -0.3 is 0 Å². The van der Waals surface area contributed by atoms with E-state index >= 15 is 0 Å². The van der Waals surface area contributed by atoms with Crippen LogP contribution in [0, 0.1) is 12.3 Å². The fourth-order valence-corrected chi connectivity index (χ4v) is 3.33. The highest BCUT2D eigenvalue weighted by Crippen LogP contribution is 2.40. The maximum atomic E-state index is 2.39. The molecule has 0 atom stereocenters. The molecule has 0 nitrogen and oxygen atoms in total. The van der Waals surface area contributed by atoms with E-state index in [4.69, 9.17) is 0 Å². The number of hydrogen-bond donors (Lipinski definition) is 0. The number of hydrogen-bond acceptors (Lipinski definition) is 0. The largest absolute Gasteiger partial charge is 0.0839 e.